The lowest BCUT2D eigenvalue weighted by Gasteiger charge is -2.39. The van der Waals surface area contributed by atoms with Gasteiger partial charge in [-0.15, -0.1) is 0 Å². The lowest BCUT2D eigenvalue weighted by Crippen LogP contribution is -2.52. The second-order valence-corrected chi connectivity index (χ2v) is 19.8. The number of carbonyl (C=O) groups is 2. The fraction of sp³-hybridized carbons (Fsp3) is 0.395. The Morgan fingerprint density at radius 1 is 0.882 bits per heavy atom. The molecule has 5 atom stereocenters. The molecule has 3 heterocycles. The molecular formula is C43H50N2O5Si. The molecule has 4 aromatic rings. The molecule has 0 aromatic heterocycles. The van der Waals surface area contributed by atoms with Crippen molar-refractivity contribution in [3.05, 3.63) is 119 Å². The zero-order valence-corrected chi connectivity index (χ0v) is 31.3. The number of fused-ring (bicyclic) bond motifs is 2. The molecule has 7 rings (SSSR count). The van der Waals surface area contributed by atoms with Gasteiger partial charge in [0.15, 0.2) is 0 Å². The van der Waals surface area contributed by atoms with Gasteiger partial charge in [-0.1, -0.05) is 91.9 Å². The third kappa shape index (κ3) is 7.01. The summed E-state index contributed by atoms with van der Waals surface area (Å²) in [4.78, 5) is 30.9. The predicted octanol–water partition coefficient (Wildman–Crippen LogP) is 6.96. The van der Waals surface area contributed by atoms with Crippen molar-refractivity contribution in [1.82, 2.24) is 4.90 Å². The fourth-order valence-corrected chi connectivity index (χ4v) is 13.1. The standard InChI is InChI=1S/C43H50N2O5Si/c1-29-39(23-15-30-13-17-34(18-14-30)45-38-12-8-7-9-31(38)16-24-41(45)47)50-40(43(29)51(3,4)37-21-19-36(49-2)20-22-37)26-42(48)44-27-33-11-6-5-10-32(33)25-35(44)28-46/h5-14,17-22,29,35,39-40,43,46H,15-16,23-28H2,1-4H3/t29-,35-,39+,40-,43+/m0/s1. The maximum absolute atomic E-state index is 14.2. The molecule has 8 heteroatoms. The van der Waals surface area contributed by atoms with E-state index in [0.717, 1.165) is 42.0 Å². The largest absolute Gasteiger partial charge is 0.497 e. The molecule has 3 aliphatic rings. The zero-order chi connectivity index (χ0) is 35.7. The number of methoxy groups -OCH3 is 1. The van der Waals surface area contributed by atoms with Crippen LogP contribution < -0.4 is 14.8 Å². The Kier molecular flexibility index (Phi) is 10.2. The zero-order valence-electron chi connectivity index (χ0n) is 30.3. The SMILES string of the molecule is COc1ccc([Si](C)(C)[C@@H]2[C@@H](C)[C@@H](CCc3ccc(N4C(=O)CCc5ccccc54)cc3)O[C@H]2CC(=O)N2Cc3ccccc3C[C@H]2CO)cc1. The molecule has 1 fully saturated rings. The Labute approximate surface area is 303 Å². The van der Waals surface area contributed by atoms with E-state index < -0.39 is 8.07 Å². The lowest BCUT2D eigenvalue weighted by molar-refractivity contribution is -0.138. The van der Waals surface area contributed by atoms with Crippen molar-refractivity contribution in [2.45, 2.75) is 88.9 Å². The van der Waals surface area contributed by atoms with Gasteiger partial charge >= 0.3 is 0 Å². The Hall–Kier alpha value is -4.24. The quantitative estimate of drug-likeness (QED) is 0.181. The van der Waals surface area contributed by atoms with Gasteiger partial charge in [-0.25, -0.2) is 0 Å². The smallest absolute Gasteiger partial charge is 0.231 e. The fourth-order valence-electron chi connectivity index (χ4n) is 9.01. The maximum Gasteiger partial charge on any atom is 0.231 e. The topological polar surface area (TPSA) is 79.3 Å². The van der Waals surface area contributed by atoms with Gasteiger partial charge in [-0.2, -0.15) is 0 Å². The molecule has 0 bridgehead atoms. The number of aryl methyl sites for hydroxylation is 2. The molecular weight excluding hydrogens is 653 g/mol. The summed E-state index contributed by atoms with van der Waals surface area (Å²) in [5.74, 6) is 1.27. The van der Waals surface area contributed by atoms with E-state index in [2.05, 4.69) is 74.6 Å². The van der Waals surface area contributed by atoms with Gasteiger partial charge in [-0.3, -0.25) is 14.5 Å². The number of aliphatic hydroxyl groups is 1. The first-order valence-electron chi connectivity index (χ1n) is 18.4. The van der Waals surface area contributed by atoms with Crippen LogP contribution in [-0.4, -0.2) is 61.9 Å². The van der Waals surface area contributed by atoms with E-state index in [1.165, 1.54) is 21.9 Å². The molecule has 0 unspecified atom stereocenters. The number of amides is 2. The van der Waals surface area contributed by atoms with Crippen molar-refractivity contribution in [2.24, 2.45) is 5.92 Å². The van der Waals surface area contributed by atoms with Crippen molar-refractivity contribution < 1.29 is 24.2 Å². The molecule has 0 aliphatic carbocycles. The van der Waals surface area contributed by atoms with Gasteiger partial charge < -0.3 is 19.5 Å². The van der Waals surface area contributed by atoms with E-state index >= 15 is 0 Å². The van der Waals surface area contributed by atoms with Crippen LogP contribution in [0.4, 0.5) is 11.4 Å². The number of ether oxygens (including phenoxy) is 2. The molecule has 1 saturated heterocycles. The summed E-state index contributed by atoms with van der Waals surface area (Å²) in [5.41, 5.74) is 6.85. The third-order valence-corrected chi connectivity index (χ3v) is 16.2. The van der Waals surface area contributed by atoms with Crippen molar-refractivity contribution in [3.8, 4) is 5.75 Å². The summed E-state index contributed by atoms with van der Waals surface area (Å²) in [6.07, 6.45) is 3.73. The van der Waals surface area contributed by atoms with Crippen LogP contribution in [0.2, 0.25) is 18.6 Å². The molecule has 4 aromatic carbocycles. The van der Waals surface area contributed by atoms with E-state index in [1.807, 2.05) is 52.3 Å². The van der Waals surface area contributed by atoms with Gasteiger partial charge in [-0.05, 0) is 89.7 Å². The number of nitrogens with zero attached hydrogens (tertiary/aromatic N) is 2. The van der Waals surface area contributed by atoms with Crippen LogP contribution in [0, 0.1) is 5.92 Å². The van der Waals surface area contributed by atoms with Crippen LogP contribution in [0.1, 0.15) is 48.4 Å². The molecule has 7 nitrogen and oxygen atoms in total. The first-order valence-corrected chi connectivity index (χ1v) is 21.5. The average molecular weight is 703 g/mol. The van der Waals surface area contributed by atoms with Gasteiger partial charge in [0.1, 0.15) is 5.75 Å². The average Bonchev–Trinajstić information content (AvgIpc) is 3.48. The van der Waals surface area contributed by atoms with Crippen LogP contribution in [-0.2, 0) is 40.1 Å². The molecule has 3 aliphatic heterocycles. The van der Waals surface area contributed by atoms with Crippen LogP contribution in [0.25, 0.3) is 0 Å². The van der Waals surface area contributed by atoms with E-state index in [1.54, 1.807) is 7.11 Å². The van der Waals surface area contributed by atoms with Crippen molar-refractivity contribution in [2.75, 3.05) is 18.6 Å². The highest BCUT2D eigenvalue weighted by molar-refractivity contribution is 6.91. The second kappa shape index (κ2) is 14.8. The van der Waals surface area contributed by atoms with Crippen LogP contribution in [0.15, 0.2) is 97.1 Å². The number of benzene rings is 4. The third-order valence-electron chi connectivity index (χ3n) is 11.8. The van der Waals surface area contributed by atoms with Crippen LogP contribution in [0.5, 0.6) is 5.75 Å². The normalized spacial score (nSPS) is 23.2. The minimum absolute atomic E-state index is 0.00349. The highest BCUT2D eigenvalue weighted by Crippen LogP contribution is 2.47. The molecule has 266 valence electrons. The molecule has 0 spiro atoms. The Bertz CT molecular complexity index is 1860. The van der Waals surface area contributed by atoms with Gasteiger partial charge in [0.05, 0.1) is 52.1 Å². The predicted molar refractivity (Wildman–Crippen MR) is 205 cm³/mol. The molecule has 51 heavy (non-hydrogen) atoms. The first kappa shape index (κ1) is 35.2. The molecule has 2 amide bonds. The number of hydrogen-bond acceptors (Lipinski definition) is 5. The van der Waals surface area contributed by atoms with E-state index in [0.29, 0.717) is 25.8 Å². The van der Waals surface area contributed by atoms with Crippen LogP contribution in [0.3, 0.4) is 0 Å². The highest BCUT2D eigenvalue weighted by Gasteiger charge is 2.51. The highest BCUT2D eigenvalue weighted by atomic mass is 28.3. The van der Waals surface area contributed by atoms with Crippen molar-refractivity contribution >= 4 is 36.4 Å². The lowest BCUT2D eigenvalue weighted by atomic mass is 9.93. The summed E-state index contributed by atoms with van der Waals surface area (Å²) in [6.45, 7) is 7.59. The summed E-state index contributed by atoms with van der Waals surface area (Å²) in [7, 11) is -0.468. The van der Waals surface area contributed by atoms with E-state index in [9.17, 15) is 14.7 Å². The van der Waals surface area contributed by atoms with Gasteiger partial charge in [0.25, 0.3) is 0 Å². The van der Waals surface area contributed by atoms with E-state index in [4.69, 9.17) is 9.47 Å². The number of hydrogen-bond donors (Lipinski definition) is 1. The van der Waals surface area contributed by atoms with Gasteiger partial charge in [0.2, 0.25) is 11.8 Å². The monoisotopic (exact) mass is 702 g/mol. The van der Waals surface area contributed by atoms with Crippen molar-refractivity contribution in [1.29, 1.82) is 0 Å². The number of para-hydroxylation sites is 1. The molecule has 0 radical (unpaired) electrons. The molecule has 1 N–H and O–H groups in total. The van der Waals surface area contributed by atoms with Crippen molar-refractivity contribution in [3.63, 3.8) is 0 Å². The Morgan fingerprint density at radius 3 is 2.27 bits per heavy atom. The number of anilines is 2. The Balaban J connectivity index is 1.10. The maximum atomic E-state index is 14.2. The number of rotatable bonds is 10. The molecule has 0 saturated carbocycles. The van der Waals surface area contributed by atoms with Crippen LogP contribution >= 0.6 is 0 Å². The minimum atomic E-state index is -2.16. The second-order valence-electron chi connectivity index (χ2n) is 15.1. The summed E-state index contributed by atoms with van der Waals surface area (Å²) in [5, 5.41) is 11.7. The number of aliphatic hydroxyl groups excluding tert-OH is 1. The number of carbonyl (C=O) groups excluding carboxylic acids is 2. The van der Waals surface area contributed by atoms with Gasteiger partial charge in [0, 0.05) is 18.7 Å². The minimum Gasteiger partial charge on any atom is -0.497 e. The van der Waals surface area contributed by atoms with E-state index in [-0.39, 0.29) is 48.1 Å². The summed E-state index contributed by atoms with van der Waals surface area (Å²) in [6, 6.07) is 33.0. The summed E-state index contributed by atoms with van der Waals surface area (Å²) >= 11 is 0. The first-order chi connectivity index (χ1) is 24.7. The Morgan fingerprint density at radius 2 is 1.57 bits per heavy atom. The summed E-state index contributed by atoms with van der Waals surface area (Å²) < 4.78 is 12.4.